The molecule has 0 bridgehead atoms. The lowest BCUT2D eigenvalue weighted by Crippen LogP contribution is -2.23. The Labute approximate surface area is 107 Å². The van der Waals surface area contributed by atoms with E-state index in [0.29, 0.717) is 5.92 Å². The van der Waals surface area contributed by atoms with Crippen molar-refractivity contribution in [3.63, 3.8) is 0 Å². The highest BCUT2D eigenvalue weighted by Gasteiger charge is 2.12. The number of rotatable bonds is 7. The first-order chi connectivity index (χ1) is 8.13. The fourth-order valence-electron chi connectivity index (χ4n) is 2.20. The van der Waals surface area contributed by atoms with Gasteiger partial charge in [-0.3, -0.25) is 0 Å². The summed E-state index contributed by atoms with van der Waals surface area (Å²) in [6.45, 7) is 11.2. The molecule has 0 fully saturated rings. The summed E-state index contributed by atoms with van der Waals surface area (Å²) >= 11 is 0. The van der Waals surface area contributed by atoms with Crippen molar-refractivity contribution >= 4 is 0 Å². The normalized spacial score (nSPS) is 13.0. The average molecular weight is 233 g/mol. The van der Waals surface area contributed by atoms with Gasteiger partial charge in [-0.25, -0.2) is 0 Å². The molecule has 0 aliphatic heterocycles. The molecule has 0 aliphatic carbocycles. The Morgan fingerprint density at radius 2 is 1.76 bits per heavy atom. The monoisotopic (exact) mass is 233 g/mol. The molecule has 1 unspecified atom stereocenters. The van der Waals surface area contributed by atoms with Crippen molar-refractivity contribution in [1.29, 1.82) is 0 Å². The van der Waals surface area contributed by atoms with Crippen molar-refractivity contribution in [2.75, 3.05) is 13.1 Å². The Kier molecular flexibility index (Phi) is 6.28. The zero-order chi connectivity index (χ0) is 12.7. The van der Waals surface area contributed by atoms with Gasteiger partial charge in [-0.15, -0.1) is 0 Å². The highest BCUT2D eigenvalue weighted by Crippen LogP contribution is 2.23. The van der Waals surface area contributed by atoms with Gasteiger partial charge in [-0.1, -0.05) is 50.6 Å². The lowest BCUT2D eigenvalue weighted by atomic mass is 9.90. The molecule has 0 aliphatic rings. The molecule has 96 valence electrons. The van der Waals surface area contributed by atoms with E-state index in [4.69, 9.17) is 0 Å². The van der Waals surface area contributed by atoms with Crippen LogP contribution in [0.1, 0.15) is 50.7 Å². The largest absolute Gasteiger partial charge is 0.316 e. The van der Waals surface area contributed by atoms with Crippen LogP contribution in [0.4, 0.5) is 0 Å². The first-order valence-corrected chi connectivity index (χ1v) is 6.90. The second kappa shape index (κ2) is 7.50. The molecule has 0 spiro atoms. The van der Waals surface area contributed by atoms with E-state index in [1.165, 1.54) is 24.0 Å². The third-order valence-electron chi connectivity index (χ3n) is 3.12. The third kappa shape index (κ3) is 5.36. The van der Waals surface area contributed by atoms with E-state index < -0.39 is 0 Å². The molecule has 0 amide bonds. The van der Waals surface area contributed by atoms with Gasteiger partial charge in [0, 0.05) is 6.54 Å². The summed E-state index contributed by atoms with van der Waals surface area (Å²) in [7, 11) is 0. The van der Waals surface area contributed by atoms with Gasteiger partial charge >= 0.3 is 0 Å². The average Bonchev–Trinajstić information content (AvgIpc) is 2.28. The summed E-state index contributed by atoms with van der Waals surface area (Å²) in [5, 5.41) is 3.55. The van der Waals surface area contributed by atoms with Gasteiger partial charge in [0.05, 0.1) is 0 Å². The molecule has 1 aromatic carbocycles. The van der Waals surface area contributed by atoms with E-state index in [9.17, 15) is 0 Å². The van der Waals surface area contributed by atoms with Crippen molar-refractivity contribution in [1.82, 2.24) is 5.32 Å². The topological polar surface area (TPSA) is 12.0 Å². The molecule has 1 atom stereocenters. The molecule has 0 saturated carbocycles. The smallest absolute Gasteiger partial charge is 0.00202 e. The molecule has 1 heteroatoms. The van der Waals surface area contributed by atoms with Crippen LogP contribution in [0.25, 0.3) is 0 Å². The summed E-state index contributed by atoms with van der Waals surface area (Å²) in [5.41, 5.74) is 2.83. The fourth-order valence-corrected chi connectivity index (χ4v) is 2.20. The van der Waals surface area contributed by atoms with E-state index in [0.717, 1.165) is 19.0 Å². The van der Waals surface area contributed by atoms with Crippen molar-refractivity contribution in [2.24, 2.45) is 5.92 Å². The van der Waals surface area contributed by atoms with Crippen molar-refractivity contribution in [3.05, 3.63) is 35.4 Å². The Morgan fingerprint density at radius 1 is 1.12 bits per heavy atom. The lowest BCUT2D eigenvalue weighted by Gasteiger charge is -2.20. The second-order valence-corrected chi connectivity index (χ2v) is 5.44. The van der Waals surface area contributed by atoms with Crippen molar-refractivity contribution < 1.29 is 0 Å². The van der Waals surface area contributed by atoms with Crippen LogP contribution >= 0.6 is 0 Å². The summed E-state index contributed by atoms with van der Waals surface area (Å²) < 4.78 is 0. The summed E-state index contributed by atoms with van der Waals surface area (Å²) in [4.78, 5) is 0. The second-order valence-electron chi connectivity index (χ2n) is 5.44. The third-order valence-corrected chi connectivity index (χ3v) is 3.12. The number of hydrogen-bond donors (Lipinski definition) is 1. The van der Waals surface area contributed by atoms with Crippen molar-refractivity contribution in [2.45, 2.75) is 46.5 Å². The van der Waals surface area contributed by atoms with Gasteiger partial charge in [-0.05, 0) is 43.7 Å². The zero-order valence-corrected chi connectivity index (χ0v) is 11.8. The van der Waals surface area contributed by atoms with Crippen LogP contribution in [0, 0.1) is 12.8 Å². The van der Waals surface area contributed by atoms with Crippen molar-refractivity contribution in [3.8, 4) is 0 Å². The minimum atomic E-state index is 0.655. The molecule has 0 aromatic heterocycles. The maximum absolute atomic E-state index is 3.55. The molecule has 0 radical (unpaired) electrons. The van der Waals surface area contributed by atoms with Gasteiger partial charge in [0.1, 0.15) is 0 Å². The number of benzene rings is 1. The predicted octanol–water partition coefficient (Wildman–Crippen LogP) is 4.12. The fraction of sp³-hybridized carbons (Fsp3) is 0.625. The molecule has 17 heavy (non-hydrogen) atoms. The molecule has 1 nitrogen and oxygen atoms in total. The molecular weight excluding hydrogens is 206 g/mol. The summed E-state index contributed by atoms with van der Waals surface area (Å²) in [6.07, 6.45) is 2.47. The van der Waals surface area contributed by atoms with Crippen LogP contribution in [0.3, 0.4) is 0 Å². The Balaban J connectivity index is 2.64. The van der Waals surface area contributed by atoms with Gasteiger partial charge in [0.25, 0.3) is 0 Å². The van der Waals surface area contributed by atoms with E-state index in [1.807, 2.05) is 0 Å². The Morgan fingerprint density at radius 3 is 2.29 bits per heavy atom. The van der Waals surface area contributed by atoms with Crippen LogP contribution in [-0.4, -0.2) is 13.1 Å². The predicted molar refractivity (Wildman–Crippen MR) is 76.5 cm³/mol. The SMILES string of the molecule is CCCNCC(CC(C)C)c1ccc(C)cc1. The number of nitrogens with one attached hydrogen (secondary N) is 1. The quantitative estimate of drug-likeness (QED) is 0.698. The van der Waals surface area contributed by atoms with E-state index >= 15 is 0 Å². The number of aryl methyl sites for hydroxylation is 1. The van der Waals surface area contributed by atoms with Crippen LogP contribution in [0.2, 0.25) is 0 Å². The maximum Gasteiger partial charge on any atom is 0.00202 e. The van der Waals surface area contributed by atoms with E-state index in [-0.39, 0.29) is 0 Å². The first-order valence-electron chi connectivity index (χ1n) is 6.90. The molecule has 1 aromatic rings. The van der Waals surface area contributed by atoms with E-state index in [1.54, 1.807) is 0 Å². The Bertz CT molecular complexity index is 300. The molecular formula is C16H27N. The molecule has 0 heterocycles. The molecule has 1 rings (SSSR count). The highest BCUT2D eigenvalue weighted by atomic mass is 14.8. The molecule has 1 N–H and O–H groups in total. The molecule has 0 saturated heterocycles. The Hall–Kier alpha value is -0.820. The maximum atomic E-state index is 3.55. The van der Waals surface area contributed by atoms with Gasteiger partial charge in [-0.2, -0.15) is 0 Å². The van der Waals surface area contributed by atoms with Gasteiger partial charge < -0.3 is 5.32 Å². The lowest BCUT2D eigenvalue weighted by molar-refractivity contribution is 0.470. The van der Waals surface area contributed by atoms with Crippen LogP contribution in [-0.2, 0) is 0 Å². The van der Waals surface area contributed by atoms with Gasteiger partial charge in [0.2, 0.25) is 0 Å². The number of hydrogen-bond acceptors (Lipinski definition) is 1. The van der Waals surface area contributed by atoms with E-state index in [2.05, 4.69) is 57.3 Å². The van der Waals surface area contributed by atoms with Crippen LogP contribution in [0.5, 0.6) is 0 Å². The first kappa shape index (κ1) is 14.2. The summed E-state index contributed by atoms with van der Waals surface area (Å²) in [6, 6.07) is 9.02. The minimum absolute atomic E-state index is 0.655. The highest BCUT2D eigenvalue weighted by molar-refractivity contribution is 5.24. The van der Waals surface area contributed by atoms with Gasteiger partial charge in [0.15, 0.2) is 0 Å². The summed E-state index contributed by atoms with van der Waals surface area (Å²) in [5.74, 6) is 1.41. The van der Waals surface area contributed by atoms with Crippen LogP contribution < -0.4 is 5.32 Å². The zero-order valence-electron chi connectivity index (χ0n) is 11.8. The van der Waals surface area contributed by atoms with Crippen LogP contribution in [0.15, 0.2) is 24.3 Å². The minimum Gasteiger partial charge on any atom is -0.316 e. The standard InChI is InChI=1S/C16H27N/c1-5-10-17-12-16(11-13(2)3)15-8-6-14(4)7-9-15/h6-9,13,16-17H,5,10-12H2,1-4H3.